The monoisotopic (exact) mass is 249 g/mol. The maximum Gasteiger partial charge on any atom is 0.390 e. The molecule has 0 saturated carbocycles. The van der Waals surface area contributed by atoms with Gasteiger partial charge in [0, 0.05) is 6.54 Å². The van der Waals surface area contributed by atoms with Gasteiger partial charge in [0.1, 0.15) is 0 Å². The van der Waals surface area contributed by atoms with E-state index in [1.165, 1.54) is 0 Å². The number of nitrogens with zero attached hydrogens (tertiary/aromatic N) is 3. The summed E-state index contributed by atoms with van der Waals surface area (Å²) in [4.78, 5) is 5.85. The van der Waals surface area contributed by atoms with Gasteiger partial charge in [-0.3, -0.25) is 4.90 Å². The van der Waals surface area contributed by atoms with Crippen molar-refractivity contribution < 1.29 is 17.7 Å². The van der Waals surface area contributed by atoms with Gasteiger partial charge in [0.05, 0.1) is 12.5 Å². The quantitative estimate of drug-likeness (QED) is 0.825. The number of halogens is 3. The third-order valence-electron chi connectivity index (χ3n) is 2.87. The second-order valence-electron chi connectivity index (χ2n) is 4.24. The predicted octanol–water partition coefficient (Wildman–Crippen LogP) is 2.47. The highest BCUT2D eigenvalue weighted by atomic mass is 19.4. The van der Waals surface area contributed by atoms with Gasteiger partial charge in [-0.25, -0.2) is 0 Å². The normalized spacial score (nSPS) is 22.2. The summed E-state index contributed by atoms with van der Waals surface area (Å²) in [6.45, 7) is 2.35. The zero-order valence-electron chi connectivity index (χ0n) is 9.50. The van der Waals surface area contributed by atoms with Crippen LogP contribution in [0.1, 0.15) is 37.0 Å². The van der Waals surface area contributed by atoms with Gasteiger partial charge >= 0.3 is 6.18 Å². The van der Waals surface area contributed by atoms with Gasteiger partial charge in [-0.2, -0.15) is 18.2 Å². The minimum absolute atomic E-state index is 0.00437. The van der Waals surface area contributed by atoms with Crippen LogP contribution in [0.3, 0.4) is 0 Å². The van der Waals surface area contributed by atoms with E-state index in [-0.39, 0.29) is 12.6 Å². The summed E-state index contributed by atoms with van der Waals surface area (Å²) in [5, 5.41) is 3.67. The fourth-order valence-electron chi connectivity index (χ4n) is 2.09. The van der Waals surface area contributed by atoms with Gasteiger partial charge in [0.15, 0.2) is 5.82 Å². The summed E-state index contributed by atoms with van der Waals surface area (Å²) in [5.74, 6) is 0.949. The van der Waals surface area contributed by atoms with Crippen molar-refractivity contribution in [2.75, 3.05) is 13.1 Å². The molecule has 1 aliphatic rings. The molecule has 7 heteroatoms. The summed E-state index contributed by atoms with van der Waals surface area (Å²) < 4.78 is 41.5. The SMILES string of the molecule is Cc1noc(C2CCCN2CCC(F)(F)F)n1. The Hall–Kier alpha value is -1.11. The number of aromatic nitrogens is 2. The molecule has 1 aromatic rings. The van der Waals surface area contributed by atoms with Crippen LogP contribution in [0, 0.1) is 6.92 Å². The van der Waals surface area contributed by atoms with Crippen LogP contribution in [0.25, 0.3) is 0 Å². The van der Waals surface area contributed by atoms with Gasteiger partial charge in [0.2, 0.25) is 5.89 Å². The zero-order valence-corrected chi connectivity index (χ0v) is 9.50. The first-order valence-corrected chi connectivity index (χ1v) is 5.57. The summed E-state index contributed by atoms with van der Waals surface area (Å²) in [7, 11) is 0. The Balaban J connectivity index is 1.98. The molecule has 2 rings (SSSR count). The van der Waals surface area contributed by atoms with Crippen molar-refractivity contribution in [3.05, 3.63) is 11.7 Å². The van der Waals surface area contributed by atoms with Crippen LogP contribution in [0.2, 0.25) is 0 Å². The number of alkyl halides is 3. The van der Waals surface area contributed by atoms with Crippen LogP contribution in [0.4, 0.5) is 13.2 Å². The van der Waals surface area contributed by atoms with Gasteiger partial charge in [-0.15, -0.1) is 0 Å². The molecule has 17 heavy (non-hydrogen) atoms. The first-order valence-electron chi connectivity index (χ1n) is 5.57. The van der Waals surface area contributed by atoms with E-state index < -0.39 is 12.6 Å². The lowest BCUT2D eigenvalue weighted by molar-refractivity contribution is -0.138. The Bertz CT molecular complexity index is 377. The van der Waals surface area contributed by atoms with Crippen molar-refractivity contribution in [1.82, 2.24) is 15.0 Å². The van der Waals surface area contributed by atoms with Crippen LogP contribution >= 0.6 is 0 Å². The Kier molecular flexibility index (Phi) is 3.37. The molecule has 0 amide bonds. The average Bonchev–Trinajstić information content (AvgIpc) is 2.81. The third-order valence-corrected chi connectivity index (χ3v) is 2.87. The summed E-state index contributed by atoms with van der Waals surface area (Å²) in [6, 6.07) is -0.154. The summed E-state index contributed by atoms with van der Waals surface area (Å²) in [5.41, 5.74) is 0. The molecule has 1 saturated heterocycles. The molecular formula is C10H14F3N3O. The van der Waals surface area contributed by atoms with Gasteiger partial charge in [0.25, 0.3) is 0 Å². The predicted molar refractivity (Wildman–Crippen MR) is 53.3 cm³/mol. The second kappa shape index (κ2) is 4.64. The van der Waals surface area contributed by atoms with Crippen molar-refractivity contribution in [3.8, 4) is 0 Å². The summed E-state index contributed by atoms with van der Waals surface area (Å²) >= 11 is 0. The van der Waals surface area contributed by atoms with Crippen LogP contribution in [-0.4, -0.2) is 34.3 Å². The minimum atomic E-state index is -4.11. The Morgan fingerprint density at radius 3 is 2.82 bits per heavy atom. The lowest BCUT2D eigenvalue weighted by Crippen LogP contribution is -2.28. The van der Waals surface area contributed by atoms with Crippen molar-refractivity contribution >= 4 is 0 Å². The number of likely N-dealkylation sites (tertiary alicyclic amines) is 1. The average molecular weight is 249 g/mol. The molecule has 0 aliphatic carbocycles. The Morgan fingerprint density at radius 2 is 2.24 bits per heavy atom. The smallest absolute Gasteiger partial charge is 0.338 e. The highest BCUT2D eigenvalue weighted by Crippen LogP contribution is 2.32. The van der Waals surface area contributed by atoms with E-state index in [4.69, 9.17) is 4.52 Å². The van der Waals surface area contributed by atoms with E-state index in [0.717, 1.165) is 12.8 Å². The number of hydrogen-bond donors (Lipinski definition) is 0. The molecular weight excluding hydrogens is 235 g/mol. The molecule has 1 aromatic heterocycles. The first kappa shape index (κ1) is 12.3. The van der Waals surface area contributed by atoms with Crippen LogP contribution < -0.4 is 0 Å². The van der Waals surface area contributed by atoms with Crippen molar-refractivity contribution in [1.29, 1.82) is 0 Å². The molecule has 0 N–H and O–H groups in total. The molecule has 0 aromatic carbocycles. The van der Waals surface area contributed by atoms with Crippen LogP contribution in [0.15, 0.2) is 4.52 Å². The fraction of sp³-hybridized carbons (Fsp3) is 0.800. The molecule has 4 nitrogen and oxygen atoms in total. The molecule has 1 aliphatic heterocycles. The molecule has 1 unspecified atom stereocenters. The lowest BCUT2D eigenvalue weighted by atomic mass is 10.2. The largest absolute Gasteiger partial charge is 0.390 e. The molecule has 96 valence electrons. The lowest BCUT2D eigenvalue weighted by Gasteiger charge is -2.21. The topological polar surface area (TPSA) is 42.2 Å². The zero-order chi connectivity index (χ0) is 12.5. The maximum absolute atomic E-state index is 12.2. The highest BCUT2D eigenvalue weighted by Gasteiger charge is 2.34. The molecule has 0 bridgehead atoms. The molecule has 0 spiro atoms. The first-order chi connectivity index (χ1) is 7.96. The van der Waals surface area contributed by atoms with E-state index in [1.54, 1.807) is 11.8 Å². The standard InChI is InChI=1S/C10H14F3N3O/c1-7-14-9(17-15-7)8-3-2-5-16(8)6-4-10(11,12)13/h8H,2-6H2,1H3. The molecule has 1 atom stereocenters. The summed E-state index contributed by atoms with van der Waals surface area (Å²) in [6.07, 6.45) is -3.27. The van der Waals surface area contributed by atoms with Crippen molar-refractivity contribution in [2.24, 2.45) is 0 Å². The van der Waals surface area contributed by atoms with E-state index in [2.05, 4.69) is 10.1 Å². The second-order valence-corrected chi connectivity index (χ2v) is 4.24. The van der Waals surface area contributed by atoms with Crippen molar-refractivity contribution in [3.63, 3.8) is 0 Å². The highest BCUT2D eigenvalue weighted by molar-refractivity contribution is 4.95. The van der Waals surface area contributed by atoms with E-state index in [1.807, 2.05) is 0 Å². The van der Waals surface area contributed by atoms with Crippen LogP contribution in [-0.2, 0) is 0 Å². The number of rotatable bonds is 3. The maximum atomic E-state index is 12.2. The molecule has 2 heterocycles. The van der Waals surface area contributed by atoms with Gasteiger partial charge in [-0.05, 0) is 26.3 Å². The minimum Gasteiger partial charge on any atom is -0.338 e. The molecule has 0 radical (unpaired) electrons. The molecule has 1 fully saturated rings. The van der Waals surface area contributed by atoms with E-state index in [9.17, 15) is 13.2 Å². The van der Waals surface area contributed by atoms with Gasteiger partial charge < -0.3 is 4.52 Å². The van der Waals surface area contributed by atoms with E-state index in [0.29, 0.717) is 18.3 Å². The van der Waals surface area contributed by atoms with E-state index >= 15 is 0 Å². The van der Waals surface area contributed by atoms with Gasteiger partial charge in [-0.1, -0.05) is 5.16 Å². The number of aryl methyl sites for hydroxylation is 1. The Labute approximate surface area is 96.8 Å². The third kappa shape index (κ3) is 3.18. The fourth-order valence-corrected chi connectivity index (χ4v) is 2.09. The number of hydrogen-bond acceptors (Lipinski definition) is 4. The van der Waals surface area contributed by atoms with Crippen molar-refractivity contribution in [2.45, 2.75) is 38.4 Å². The Morgan fingerprint density at radius 1 is 1.47 bits per heavy atom. The van der Waals surface area contributed by atoms with Crippen LogP contribution in [0.5, 0.6) is 0 Å².